The molecule has 0 radical (unpaired) electrons. The Morgan fingerprint density at radius 2 is 2.10 bits per heavy atom. The van der Waals surface area contributed by atoms with Crippen LogP contribution in [0.4, 0.5) is 5.00 Å². The van der Waals surface area contributed by atoms with Crippen molar-refractivity contribution in [2.24, 2.45) is 11.7 Å². The van der Waals surface area contributed by atoms with E-state index in [0.717, 1.165) is 35.5 Å². The smallest absolute Gasteiger partial charge is 0.266 e. The molecule has 1 heterocycles. The normalized spacial score (nSPS) is 15.9. The number of fused-ring (bicyclic) bond motifs is 1. The molecule has 0 aliphatic heterocycles. The maximum absolute atomic E-state index is 12.7. The Kier molecular flexibility index (Phi) is 6.35. The number of nitrogens with one attached hydrogen (secondary N) is 1. The summed E-state index contributed by atoms with van der Waals surface area (Å²) in [5.74, 6) is 0.133. The lowest BCUT2D eigenvalue weighted by molar-refractivity contribution is -0.112. The molecule has 3 N–H and O–H groups in total. The lowest BCUT2D eigenvalue weighted by atomic mass is 9.88. The molecule has 1 aromatic heterocycles. The zero-order valence-corrected chi connectivity index (χ0v) is 17.3. The van der Waals surface area contributed by atoms with Gasteiger partial charge in [0.1, 0.15) is 22.4 Å². The van der Waals surface area contributed by atoms with Gasteiger partial charge in [-0.25, -0.2) is 0 Å². The van der Waals surface area contributed by atoms with Crippen molar-refractivity contribution in [3.8, 4) is 11.8 Å². The Hall–Kier alpha value is -3.11. The predicted molar refractivity (Wildman–Crippen MR) is 114 cm³/mol. The van der Waals surface area contributed by atoms with Crippen LogP contribution in [0.15, 0.2) is 29.8 Å². The van der Waals surface area contributed by atoms with Gasteiger partial charge in [0, 0.05) is 4.88 Å². The molecule has 0 unspecified atom stereocenters. The zero-order valence-electron chi connectivity index (χ0n) is 16.5. The molecule has 0 spiro atoms. The Balaban J connectivity index is 1.85. The highest BCUT2D eigenvalue weighted by Crippen LogP contribution is 2.39. The third-order valence-corrected chi connectivity index (χ3v) is 6.02. The summed E-state index contributed by atoms with van der Waals surface area (Å²) in [5, 5.41) is 12.6. The van der Waals surface area contributed by atoms with E-state index in [9.17, 15) is 14.9 Å². The second kappa shape index (κ2) is 8.93. The summed E-state index contributed by atoms with van der Waals surface area (Å²) in [6, 6.07) is 9.04. The summed E-state index contributed by atoms with van der Waals surface area (Å²) >= 11 is 1.38. The molecule has 2 amide bonds. The van der Waals surface area contributed by atoms with Crippen LogP contribution in [0.25, 0.3) is 6.08 Å². The third kappa shape index (κ3) is 4.66. The number of hydrogen-bond donors (Lipinski definition) is 2. The zero-order chi connectivity index (χ0) is 21.0. The molecular formula is C22H23N3O3S. The fourth-order valence-electron chi connectivity index (χ4n) is 3.41. The molecule has 1 aliphatic carbocycles. The number of amides is 2. The fraction of sp³-hybridized carbons (Fsp3) is 0.318. The highest BCUT2D eigenvalue weighted by molar-refractivity contribution is 7.17. The first-order valence-electron chi connectivity index (χ1n) is 9.53. The number of carbonyl (C=O) groups is 2. The second-order valence-electron chi connectivity index (χ2n) is 7.05. The maximum Gasteiger partial charge on any atom is 0.266 e. The molecular weight excluding hydrogens is 386 g/mol. The summed E-state index contributed by atoms with van der Waals surface area (Å²) in [5.41, 5.74) is 7.55. The van der Waals surface area contributed by atoms with Gasteiger partial charge in [-0.3, -0.25) is 9.59 Å². The van der Waals surface area contributed by atoms with Gasteiger partial charge in [0.05, 0.1) is 12.2 Å². The van der Waals surface area contributed by atoms with Crippen molar-refractivity contribution in [1.82, 2.24) is 0 Å². The minimum atomic E-state index is -0.560. The maximum atomic E-state index is 12.7. The molecule has 0 saturated heterocycles. The average molecular weight is 410 g/mol. The topological polar surface area (TPSA) is 105 Å². The number of carbonyl (C=O) groups excluding carboxylic acids is 2. The van der Waals surface area contributed by atoms with Crippen LogP contribution in [0.3, 0.4) is 0 Å². The van der Waals surface area contributed by atoms with Crippen LogP contribution in [0.5, 0.6) is 5.75 Å². The lowest BCUT2D eigenvalue weighted by Gasteiger charge is -2.18. The molecule has 29 heavy (non-hydrogen) atoms. The van der Waals surface area contributed by atoms with Gasteiger partial charge < -0.3 is 15.8 Å². The largest absolute Gasteiger partial charge is 0.494 e. The fourth-order valence-corrected chi connectivity index (χ4v) is 4.82. The Labute approximate surface area is 174 Å². The van der Waals surface area contributed by atoms with Crippen LogP contribution in [-0.4, -0.2) is 18.4 Å². The van der Waals surface area contributed by atoms with E-state index in [1.807, 2.05) is 13.0 Å². The highest BCUT2D eigenvalue weighted by Gasteiger charge is 2.27. The van der Waals surface area contributed by atoms with E-state index >= 15 is 0 Å². The van der Waals surface area contributed by atoms with Crippen molar-refractivity contribution in [2.75, 3.05) is 11.9 Å². The number of anilines is 1. The Morgan fingerprint density at radius 1 is 1.38 bits per heavy atom. The van der Waals surface area contributed by atoms with E-state index in [0.29, 0.717) is 28.7 Å². The van der Waals surface area contributed by atoms with Gasteiger partial charge in [-0.1, -0.05) is 19.1 Å². The van der Waals surface area contributed by atoms with Gasteiger partial charge in [0.25, 0.3) is 11.8 Å². The van der Waals surface area contributed by atoms with Crippen molar-refractivity contribution >= 4 is 34.2 Å². The standard InChI is InChI=1S/C22H23N3O3S/c1-3-28-16-7-5-14(6-8-16)11-15(12-23)21(27)25-22-19(20(24)26)17-9-4-13(2)10-18(17)29-22/h5-8,11,13H,3-4,9-10H2,1-2H3,(H2,24,26)(H,25,27)/b15-11-/t13-/m1/s1. The minimum absolute atomic E-state index is 0.0516. The van der Waals surface area contributed by atoms with Gasteiger partial charge in [-0.2, -0.15) is 5.26 Å². The second-order valence-corrected chi connectivity index (χ2v) is 8.15. The number of nitrogens with zero attached hydrogens (tertiary/aromatic N) is 1. The molecule has 0 saturated carbocycles. The van der Waals surface area contributed by atoms with Crippen molar-refractivity contribution in [3.63, 3.8) is 0 Å². The quantitative estimate of drug-likeness (QED) is 0.557. The predicted octanol–water partition coefficient (Wildman–Crippen LogP) is 3.92. The van der Waals surface area contributed by atoms with Crippen LogP contribution in [0.1, 0.15) is 46.6 Å². The van der Waals surface area contributed by atoms with Crippen molar-refractivity contribution in [2.45, 2.75) is 33.1 Å². The van der Waals surface area contributed by atoms with Gasteiger partial charge in [-0.05, 0) is 61.4 Å². The number of rotatable bonds is 6. The molecule has 6 nitrogen and oxygen atoms in total. The van der Waals surface area contributed by atoms with E-state index in [-0.39, 0.29) is 5.57 Å². The van der Waals surface area contributed by atoms with Crippen LogP contribution in [-0.2, 0) is 17.6 Å². The monoisotopic (exact) mass is 409 g/mol. The van der Waals surface area contributed by atoms with Gasteiger partial charge in [0.15, 0.2) is 0 Å². The number of hydrogen-bond acceptors (Lipinski definition) is 5. The lowest BCUT2D eigenvalue weighted by Crippen LogP contribution is -2.19. The van der Waals surface area contributed by atoms with E-state index < -0.39 is 11.8 Å². The molecule has 1 atom stereocenters. The van der Waals surface area contributed by atoms with Gasteiger partial charge in [-0.15, -0.1) is 11.3 Å². The Morgan fingerprint density at radius 3 is 2.72 bits per heavy atom. The van der Waals surface area contributed by atoms with Gasteiger partial charge >= 0.3 is 0 Å². The molecule has 0 bridgehead atoms. The summed E-state index contributed by atoms with van der Waals surface area (Å²) in [6.07, 6.45) is 4.13. The first-order valence-corrected chi connectivity index (χ1v) is 10.3. The average Bonchev–Trinajstić information content (AvgIpc) is 3.04. The summed E-state index contributed by atoms with van der Waals surface area (Å²) in [4.78, 5) is 25.8. The van der Waals surface area contributed by atoms with Gasteiger partial charge in [0.2, 0.25) is 0 Å². The summed E-state index contributed by atoms with van der Waals surface area (Å²) < 4.78 is 5.39. The van der Waals surface area contributed by atoms with E-state index in [4.69, 9.17) is 10.5 Å². The molecule has 0 fully saturated rings. The van der Waals surface area contributed by atoms with E-state index in [1.54, 1.807) is 24.3 Å². The number of benzene rings is 1. The number of primary amides is 1. The molecule has 150 valence electrons. The van der Waals surface area contributed by atoms with Crippen molar-refractivity contribution in [3.05, 3.63) is 51.4 Å². The van der Waals surface area contributed by atoms with Crippen molar-refractivity contribution < 1.29 is 14.3 Å². The molecule has 7 heteroatoms. The van der Waals surface area contributed by atoms with Crippen molar-refractivity contribution in [1.29, 1.82) is 5.26 Å². The van der Waals surface area contributed by atoms with Crippen LogP contribution >= 0.6 is 11.3 Å². The number of ether oxygens (including phenoxy) is 1. The van der Waals surface area contributed by atoms with Crippen LogP contribution < -0.4 is 15.8 Å². The molecule has 1 aromatic carbocycles. The molecule has 1 aliphatic rings. The minimum Gasteiger partial charge on any atom is -0.494 e. The Bertz CT molecular complexity index is 1000. The van der Waals surface area contributed by atoms with Crippen LogP contribution in [0.2, 0.25) is 0 Å². The number of nitrogens with two attached hydrogens (primary N) is 1. The van der Waals surface area contributed by atoms with Crippen LogP contribution in [0, 0.1) is 17.2 Å². The third-order valence-electron chi connectivity index (χ3n) is 4.85. The first-order chi connectivity index (χ1) is 13.9. The molecule has 3 rings (SSSR count). The van der Waals surface area contributed by atoms with E-state index in [2.05, 4.69) is 12.2 Å². The number of thiophene rings is 1. The number of nitriles is 1. The first kappa shape index (κ1) is 20.6. The van der Waals surface area contributed by atoms with E-state index in [1.165, 1.54) is 17.4 Å². The molecule has 2 aromatic rings. The summed E-state index contributed by atoms with van der Waals surface area (Å²) in [6.45, 7) is 4.63. The highest BCUT2D eigenvalue weighted by atomic mass is 32.1. The SMILES string of the molecule is CCOc1ccc(/C=C(/C#N)C(=O)Nc2sc3c(c2C(N)=O)CC[C@@H](C)C3)cc1. The summed E-state index contributed by atoms with van der Waals surface area (Å²) in [7, 11) is 0.